The predicted octanol–water partition coefficient (Wildman–Crippen LogP) is 5.51. The summed E-state index contributed by atoms with van der Waals surface area (Å²) in [7, 11) is 0. The SMILES string of the molecule is O=C(c1ccc2ccccc2c1)[C@@H]1[C@@H]2CCCN2[C@@]2(C(=O)Nc3ccc(Cl)cc32)[C@]12C(=O)Nc1ccccc12. The van der Waals surface area contributed by atoms with Crippen molar-refractivity contribution < 1.29 is 14.4 Å². The average molecular weight is 534 g/mol. The van der Waals surface area contributed by atoms with Crippen LogP contribution in [0.15, 0.2) is 84.9 Å². The summed E-state index contributed by atoms with van der Waals surface area (Å²) in [5.41, 5.74) is 0.274. The van der Waals surface area contributed by atoms with Crippen LogP contribution in [0.3, 0.4) is 0 Å². The highest BCUT2D eigenvalue weighted by Gasteiger charge is 2.81. The van der Waals surface area contributed by atoms with Gasteiger partial charge in [-0.15, -0.1) is 0 Å². The number of halogens is 1. The molecule has 7 heteroatoms. The van der Waals surface area contributed by atoms with Gasteiger partial charge >= 0.3 is 0 Å². The van der Waals surface area contributed by atoms with Gasteiger partial charge in [-0.05, 0) is 66.1 Å². The van der Waals surface area contributed by atoms with Crippen LogP contribution < -0.4 is 10.6 Å². The van der Waals surface area contributed by atoms with Crippen LogP contribution in [0, 0.1) is 5.92 Å². The summed E-state index contributed by atoms with van der Waals surface area (Å²) in [6.07, 6.45) is 1.54. The number of nitrogens with zero attached hydrogens (tertiary/aromatic N) is 1. The summed E-state index contributed by atoms with van der Waals surface area (Å²) < 4.78 is 0. The predicted molar refractivity (Wildman–Crippen MR) is 150 cm³/mol. The van der Waals surface area contributed by atoms with E-state index in [0.717, 1.165) is 17.2 Å². The molecule has 0 saturated carbocycles. The number of benzene rings is 4. The lowest BCUT2D eigenvalue weighted by atomic mass is 9.57. The first-order valence-electron chi connectivity index (χ1n) is 13.3. The average Bonchev–Trinajstić information content (AvgIpc) is 3.67. The van der Waals surface area contributed by atoms with Crippen molar-refractivity contribution in [2.45, 2.75) is 29.8 Å². The minimum atomic E-state index is -1.47. The molecule has 39 heavy (non-hydrogen) atoms. The Kier molecular flexibility index (Phi) is 4.57. The first kappa shape index (κ1) is 22.9. The number of carbonyl (C=O) groups excluding carboxylic acids is 3. The number of amides is 2. The molecular formula is C32H24ClN3O3. The number of carbonyl (C=O) groups is 3. The van der Waals surface area contributed by atoms with Gasteiger partial charge < -0.3 is 10.6 Å². The van der Waals surface area contributed by atoms with E-state index in [2.05, 4.69) is 15.5 Å². The second kappa shape index (κ2) is 7.78. The third-order valence-electron chi connectivity index (χ3n) is 9.37. The van der Waals surface area contributed by atoms with Gasteiger partial charge in [0.05, 0.1) is 5.92 Å². The minimum absolute atomic E-state index is 0.121. The van der Waals surface area contributed by atoms with Gasteiger partial charge in [-0.2, -0.15) is 0 Å². The summed E-state index contributed by atoms with van der Waals surface area (Å²) in [6.45, 7) is 0.600. The molecule has 4 aromatic carbocycles. The maximum Gasteiger partial charge on any atom is 0.251 e. The van der Waals surface area contributed by atoms with Gasteiger partial charge in [0.25, 0.3) is 5.91 Å². The highest BCUT2D eigenvalue weighted by Crippen LogP contribution is 2.68. The smallest absolute Gasteiger partial charge is 0.251 e. The van der Waals surface area contributed by atoms with Crippen molar-refractivity contribution in [2.75, 3.05) is 17.2 Å². The Balaban J connectivity index is 1.45. The summed E-state index contributed by atoms with van der Waals surface area (Å²) in [5.74, 6) is -1.50. The van der Waals surface area contributed by atoms with Crippen LogP contribution in [0.25, 0.3) is 10.8 Å². The molecule has 0 unspecified atom stereocenters. The third-order valence-corrected chi connectivity index (χ3v) is 9.61. The molecule has 0 aromatic heterocycles. The lowest BCUT2D eigenvalue weighted by Crippen LogP contribution is -2.62. The number of anilines is 2. The van der Waals surface area contributed by atoms with Gasteiger partial charge in [-0.25, -0.2) is 0 Å². The Morgan fingerprint density at radius 1 is 0.821 bits per heavy atom. The molecule has 8 rings (SSSR count). The van der Waals surface area contributed by atoms with Crippen LogP contribution in [-0.2, 0) is 20.5 Å². The summed E-state index contributed by atoms with van der Waals surface area (Å²) in [5, 5.41) is 8.61. The quantitative estimate of drug-likeness (QED) is 0.333. The van der Waals surface area contributed by atoms with Crippen LogP contribution in [0.2, 0.25) is 5.02 Å². The van der Waals surface area contributed by atoms with E-state index in [4.69, 9.17) is 11.6 Å². The third kappa shape index (κ3) is 2.63. The molecule has 2 amide bonds. The molecule has 6 nitrogen and oxygen atoms in total. The first-order chi connectivity index (χ1) is 19.0. The summed E-state index contributed by atoms with van der Waals surface area (Å²) >= 11 is 6.53. The van der Waals surface area contributed by atoms with Gasteiger partial charge in [0.1, 0.15) is 11.0 Å². The van der Waals surface area contributed by atoms with Crippen LogP contribution in [0.1, 0.15) is 34.3 Å². The molecule has 0 radical (unpaired) electrons. The number of nitrogens with one attached hydrogen (secondary N) is 2. The fourth-order valence-corrected chi connectivity index (χ4v) is 8.24. The minimum Gasteiger partial charge on any atom is -0.325 e. The Hall–Kier alpha value is -4.00. The number of fused-ring (bicyclic) bond motifs is 8. The molecule has 0 bridgehead atoms. The van der Waals surface area contributed by atoms with Crippen molar-refractivity contribution in [3.8, 4) is 0 Å². The Morgan fingerprint density at radius 3 is 2.44 bits per heavy atom. The number of rotatable bonds is 2. The molecule has 4 heterocycles. The summed E-state index contributed by atoms with van der Waals surface area (Å²) in [4.78, 5) is 45.9. The largest absolute Gasteiger partial charge is 0.325 e. The number of Topliss-reactive ketones (excluding diaryl/α,β-unsaturated/α-hetero) is 1. The van der Waals surface area contributed by atoms with E-state index in [0.29, 0.717) is 46.1 Å². The molecule has 4 aliphatic heterocycles. The zero-order chi connectivity index (χ0) is 26.5. The molecule has 4 aromatic rings. The summed E-state index contributed by atoms with van der Waals surface area (Å²) in [6, 6.07) is 26.1. The molecule has 2 fully saturated rings. The van der Waals surface area contributed by atoms with E-state index in [1.807, 2.05) is 66.7 Å². The molecular weight excluding hydrogens is 510 g/mol. The van der Waals surface area contributed by atoms with Crippen molar-refractivity contribution in [3.63, 3.8) is 0 Å². The van der Waals surface area contributed by atoms with E-state index < -0.39 is 16.9 Å². The van der Waals surface area contributed by atoms with Crippen molar-refractivity contribution in [3.05, 3.63) is 107 Å². The van der Waals surface area contributed by atoms with Gasteiger partial charge in [0.2, 0.25) is 5.91 Å². The van der Waals surface area contributed by atoms with E-state index in [-0.39, 0.29) is 23.6 Å². The molecule has 4 atom stereocenters. The lowest BCUT2D eigenvalue weighted by Gasteiger charge is -2.43. The second-order valence-corrected chi connectivity index (χ2v) is 11.4. The molecule has 2 N–H and O–H groups in total. The number of ketones is 1. The monoisotopic (exact) mass is 533 g/mol. The second-order valence-electron chi connectivity index (χ2n) is 11.0. The van der Waals surface area contributed by atoms with E-state index in [9.17, 15) is 14.4 Å². The van der Waals surface area contributed by atoms with Crippen molar-refractivity contribution >= 4 is 51.3 Å². The Labute approximate surface area is 230 Å². The van der Waals surface area contributed by atoms with Crippen LogP contribution in [0.4, 0.5) is 11.4 Å². The normalized spacial score (nSPS) is 28.5. The fourth-order valence-electron chi connectivity index (χ4n) is 8.07. The first-order valence-corrected chi connectivity index (χ1v) is 13.7. The van der Waals surface area contributed by atoms with Crippen molar-refractivity contribution in [1.29, 1.82) is 0 Å². The molecule has 0 aliphatic carbocycles. The van der Waals surface area contributed by atoms with Gasteiger partial charge in [-0.3, -0.25) is 19.3 Å². The van der Waals surface area contributed by atoms with Gasteiger partial charge in [-0.1, -0.05) is 66.2 Å². The number of hydrogen-bond donors (Lipinski definition) is 2. The van der Waals surface area contributed by atoms with E-state index >= 15 is 0 Å². The Morgan fingerprint density at radius 2 is 1.56 bits per heavy atom. The topological polar surface area (TPSA) is 78.5 Å². The van der Waals surface area contributed by atoms with Gasteiger partial charge in [0, 0.05) is 33.6 Å². The van der Waals surface area contributed by atoms with E-state index in [1.165, 1.54) is 0 Å². The highest BCUT2D eigenvalue weighted by atomic mass is 35.5. The Bertz CT molecular complexity index is 1770. The standard InChI is InChI=1S/C32H24ClN3O3/c33-21-13-14-25-23(17-21)32(30(39)35-25)31(22-8-3-4-9-24(22)34-29(31)38)27(26-10-5-15-36(26)32)28(37)20-12-11-18-6-1-2-7-19(18)16-20/h1-4,6-9,11-14,16-17,26-27H,5,10,15H2,(H,34,38)(H,35,39)/t26-,27-,31-,32-/m0/s1. The van der Waals surface area contributed by atoms with Gasteiger partial charge in [0.15, 0.2) is 5.78 Å². The maximum absolute atomic E-state index is 14.8. The molecule has 4 aliphatic rings. The van der Waals surface area contributed by atoms with Crippen LogP contribution in [-0.4, -0.2) is 35.1 Å². The molecule has 2 spiro atoms. The highest BCUT2D eigenvalue weighted by molar-refractivity contribution is 6.31. The van der Waals surface area contributed by atoms with E-state index in [1.54, 1.807) is 18.2 Å². The lowest BCUT2D eigenvalue weighted by molar-refractivity contribution is -0.137. The van der Waals surface area contributed by atoms with Crippen LogP contribution in [0.5, 0.6) is 0 Å². The van der Waals surface area contributed by atoms with Crippen LogP contribution >= 0.6 is 11.6 Å². The van der Waals surface area contributed by atoms with Crippen molar-refractivity contribution in [1.82, 2.24) is 4.90 Å². The van der Waals surface area contributed by atoms with Crippen molar-refractivity contribution in [2.24, 2.45) is 5.92 Å². The molecule has 2 saturated heterocycles. The zero-order valence-electron chi connectivity index (χ0n) is 20.9. The number of hydrogen-bond acceptors (Lipinski definition) is 4. The maximum atomic E-state index is 14.8. The molecule has 192 valence electrons. The fraction of sp³-hybridized carbons (Fsp3) is 0.219. The zero-order valence-corrected chi connectivity index (χ0v) is 21.7. The number of para-hydroxylation sites is 1.